The lowest BCUT2D eigenvalue weighted by atomic mass is 9.98. The third-order valence-corrected chi connectivity index (χ3v) is 8.77. The van der Waals surface area contributed by atoms with Crippen LogP contribution in [0.4, 0.5) is 27.6 Å². The maximum atomic E-state index is 15.1. The fourth-order valence-corrected chi connectivity index (χ4v) is 6.02. The number of anilines is 1. The predicted molar refractivity (Wildman–Crippen MR) is 173 cm³/mol. The number of hydrogen-bond donors (Lipinski definition) is 2. The molecule has 0 aliphatic carbocycles. The topological polar surface area (TPSA) is 101 Å². The first-order chi connectivity index (χ1) is 23.2. The van der Waals surface area contributed by atoms with E-state index < -0.39 is 40.8 Å². The molecule has 0 saturated carbocycles. The molecule has 5 aromatic rings. The minimum absolute atomic E-state index is 0.0154. The van der Waals surface area contributed by atoms with E-state index in [0.29, 0.717) is 29.8 Å². The van der Waals surface area contributed by atoms with Gasteiger partial charge in [-0.15, -0.1) is 0 Å². The molecule has 4 heterocycles. The second-order valence-corrected chi connectivity index (χ2v) is 11.9. The average Bonchev–Trinajstić information content (AvgIpc) is 3.61. The van der Waals surface area contributed by atoms with Gasteiger partial charge in [-0.1, -0.05) is 12.1 Å². The van der Waals surface area contributed by atoms with Crippen molar-refractivity contribution in [2.45, 2.75) is 32.0 Å². The molecular weight excluding hydrogens is 647 g/mol. The normalized spacial score (nSPS) is 15.6. The van der Waals surface area contributed by atoms with E-state index in [1.165, 1.54) is 47.0 Å². The number of likely N-dealkylation sites (tertiary alicyclic amines) is 1. The monoisotopic (exact) mass is 678 g/mol. The van der Waals surface area contributed by atoms with E-state index in [-0.39, 0.29) is 46.4 Å². The Morgan fingerprint density at radius 1 is 1.02 bits per heavy atom. The van der Waals surface area contributed by atoms with Gasteiger partial charge in [0.15, 0.2) is 0 Å². The van der Waals surface area contributed by atoms with Crippen molar-refractivity contribution < 1.29 is 36.3 Å². The van der Waals surface area contributed by atoms with Crippen molar-refractivity contribution in [2.75, 3.05) is 25.5 Å². The largest absolute Gasteiger partial charge is 0.417 e. The van der Waals surface area contributed by atoms with Crippen molar-refractivity contribution in [1.82, 2.24) is 24.2 Å². The highest BCUT2D eigenvalue weighted by Crippen LogP contribution is 2.41. The molecule has 2 aromatic carbocycles. The first-order valence-corrected chi connectivity index (χ1v) is 15.4. The van der Waals surface area contributed by atoms with Gasteiger partial charge in [0.2, 0.25) is 17.6 Å². The van der Waals surface area contributed by atoms with Crippen molar-refractivity contribution in [3.8, 4) is 11.1 Å². The fraction of sp³-hybridized carbons (Fsp3) is 0.257. The summed E-state index contributed by atoms with van der Waals surface area (Å²) < 4.78 is 76.0. The molecule has 1 unspecified atom stereocenters. The molecule has 1 atom stereocenters. The number of nitrogens with zero attached hydrogens (tertiary/aromatic N) is 4. The molecule has 3 aromatic heterocycles. The van der Waals surface area contributed by atoms with E-state index in [0.717, 1.165) is 30.7 Å². The Labute approximate surface area is 277 Å². The van der Waals surface area contributed by atoms with Crippen LogP contribution in [0.2, 0.25) is 0 Å². The SMILES string of the molecule is Cc1nc2cc(-c3cccn4c(C(=O)c5cc(F)c(NC(=O)/C=C/CNC6CCN(C)C(=O)C6)c(F)c5)ccc34)c(C(F)(F)F)cc2n1C. The van der Waals surface area contributed by atoms with E-state index in [4.69, 9.17) is 0 Å². The number of halogens is 5. The Bertz CT molecular complexity index is 2140. The minimum Gasteiger partial charge on any atom is -0.346 e. The van der Waals surface area contributed by atoms with Crippen LogP contribution in [-0.2, 0) is 22.8 Å². The minimum atomic E-state index is -4.70. The summed E-state index contributed by atoms with van der Waals surface area (Å²) in [7, 11) is 3.35. The first-order valence-electron chi connectivity index (χ1n) is 15.4. The van der Waals surface area contributed by atoms with Crippen LogP contribution in [0, 0.1) is 18.6 Å². The van der Waals surface area contributed by atoms with Gasteiger partial charge in [0.25, 0.3) is 0 Å². The summed E-state index contributed by atoms with van der Waals surface area (Å²) >= 11 is 0. The molecular formula is C35H31F5N6O3. The van der Waals surface area contributed by atoms with E-state index >= 15 is 8.78 Å². The standard InChI is InChI=1S/C35H31F5N6O3/c1-19-42-27-17-23(24(35(38,39)40)18-30(27)45(19)3)22-6-5-12-46-28(22)8-9-29(46)34(49)20-14-25(36)33(26(37)15-20)43-31(47)7-4-11-41-21-10-13-44(2)32(48)16-21/h4-9,12,14-15,17-18,21,41H,10-11,13,16H2,1-3H3,(H,43,47)/b7-4+. The Morgan fingerprint density at radius 3 is 2.45 bits per heavy atom. The van der Waals surface area contributed by atoms with Crippen molar-refractivity contribution in [1.29, 1.82) is 0 Å². The first kappa shape index (κ1) is 33.5. The molecule has 14 heteroatoms. The van der Waals surface area contributed by atoms with E-state index in [2.05, 4.69) is 15.6 Å². The summed E-state index contributed by atoms with van der Waals surface area (Å²) in [6.45, 7) is 2.56. The fourth-order valence-electron chi connectivity index (χ4n) is 6.02. The van der Waals surface area contributed by atoms with Gasteiger partial charge in [0.1, 0.15) is 23.1 Å². The molecule has 2 N–H and O–H groups in total. The summed E-state index contributed by atoms with van der Waals surface area (Å²) in [5.74, 6) is -3.43. The third kappa shape index (κ3) is 6.55. The summed E-state index contributed by atoms with van der Waals surface area (Å²) in [6, 6.07) is 9.72. The quantitative estimate of drug-likeness (QED) is 0.119. The van der Waals surface area contributed by atoms with Crippen LogP contribution in [0.5, 0.6) is 0 Å². The van der Waals surface area contributed by atoms with Crippen molar-refractivity contribution in [3.05, 3.63) is 101 Å². The van der Waals surface area contributed by atoms with Gasteiger partial charge in [0, 0.05) is 63.0 Å². The number of aromatic nitrogens is 3. The second kappa shape index (κ2) is 12.9. The summed E-state index contributed by atoms with van der Waals surface area (Å²) in [5.41, 5.74) is -1.07. The molecule has 1 aliphatic rings. The van der Waals surface area contributed by atoms with Crippen LogP contribution in [-0.4, -0.2) is 62.6 Å². The molecule has 2 amide bonds. The van der Waals surface area contributed by atoms with Crippen LogP contribution >= 0.6 is 0 Å². The predicted octanol–water partition coefficient (Wildman–Crippen LogP) is 6.03. The molecule has 6 rings (SSSR count). The molecule has 9 nitrogen and oxygen atoms in total. The molecule has 1 saturated heterocycles. The van der Waals surface area contributed by atoms with Gasteiger partial charge in [-0.25, -0.2) is 13.8 Å². The summed E-state index contributed by atoms with van der Waals surface area (Å²) in [4.78, 5) is 43.7. The number of nitrogens with one attached hydrogen (secondary N) is 2. The number of aryl methyl sites for hydroxylation is 2. The van der Waals surface area contributed by atoms with Crippen LogP contribution < -0.4 is 10.6 Å². The van der Waals surface area contributed by atoms with Gasteiger partial charge >= 0.3 is 6.18 Å². The number of amides is 2. The van der Waals surface area contributed by atoms with Gasteiger partial charge in [0.05, 0.1) is 27.8 Å². The van der Waals surface area contributed by atoms with Crippen molar-refractivity contribution in [3.63, 3.8) is 0 Å². The van der Waals surface area contributed by atoms with Gasteiger partial charge in [-0.3, -0.25) is 14.4 Å². The lowest BCUT2D eigenvalue weighted by molar-refractivity contribution is -0.137. The number of ketones is 1. The van der Waals surface area contributed by atoms with Crippen molar-refractivity contribution in [2.24, 2.45) is 7.05 Å². The molecule has 254 valence electrons. The number of fused-ring (bicyclic) bond motifs is 2. The highest BCUT2D eigenvalue weighted by molar-refractivity contribution is 6.09. The number of piperidine rings is 1. The number of rotatable bonds is 8. The smallest absolute Gasteiger partial charge is 0.346 e. The van der Waals surface area contributed by atoms with Gasteiger partial charge in [-0.2, -0.15) is 13.2 Å². The second-order valence-electron chi connectivity index (χ2n) is 11.9. The number of benzene rings is 2. The number of alkyl halides is 3. The van der Waals surface area contributed by atoms with Gasteiger partial charge < -0.3 is 24.5 Å². The number of hydrogen-bond acceptors (Lipinski definition) is 5. The zero-order valence-electron chi connectivity index (χ0n) is 26.7. The highest BCUT2D eigenvalue weighted by Gasteiger charge is 2.35. The van der Waals surface area contributed by atoms with Crippen LogP contribution in [0.25, 0.3) is 27.7 Å². The Kier molecular flexibility index (Phi) is 8.84. The van der Waals surface area contributed by atoms with Crippen LogP contribution in [0.1, 0.15) is 40.3 Å². The average molecular weight is 679 g/mol. The Balaban J connectivity index is 1.23. The van der Waals surface area contributed by atoms with Gasteiger partial charge in [-0.05, 0) is 61.4 Å². The lowest BCUT2D eigenvalue weighted by Crippen LogP contribution is -2.44. The summed E-state index contributed by atoms with van der Waals surface area (Å²) in [5, 5.41) is 5.28. The highest BCUT2D eigenvalue weighted by atomic mass is 19.4. The van der Waals surface area contributed by atoms with Crippen LogP contribution in [0.3, 0.4) is 0 Å². The molecule has 0 bridgehead atoms. The molecule has 0 radical (unpaired) electrons. The Morgan fingerprint density at radius 2 is 1.76 bits per heavy atom. The van der Waals surface area contributed by atoms with Crippen molar-refractivity contribution >= 4 is 39.8 Å². The number of imidazole rings is 1. The van der Waals surface area contributed by atoms with Crippen LogP contribution in [0.15, 0.2) is 66.9 Å². The number of carbonyl (C=O) groups excluding carboxylic acids is 3. The number of pyridine rings is 1. The third-order valence-electron chi connectivity index (χ3n) is 8.77. The molecule has 0 spiro atoms. The lowest BCUT2D eigenvalue weighted by Gasteiger charge is -2.29. The molecule has 1 fully saturated rings. The zero-order chi connectivity index (χ0) is 35.2. The number of carbonyl (C=O) groups is 3. The zero-order valence-corrected chi connectivity index (χ0v) is 26.7. The van der Waals surface area contributed by atoms with E-state index in [1.54, 1.807) is 30.5 Å². The van der Waals surface area contributed by atoms with E-state index in [1.807, 2.05) is 0 Å². The molecule has 1 aliphatic heterocycles. The summed E-state index contributed by atoms with van der Waals surface area (Å²) in [6.07, 6.45) is 0.417. The Hall–Kier alpha value is -5.37. The maximum absolute atomic E-state index is 15.1. The van der Waals surface area contributed by atoms with E-state index in [9.17, 15) is 27.6 Å². The molecule has 49 heavy (non-hydrogen) atoms. The maximum Gasteiger partial charge on any atom is 0.417 e.